The molecule has 39 heavy (non-hydrogen) atoms. The molecule has 2 aliphatic heterocycles. The lowest BCUT2D eigenvalue weighted by molar-refractivity contribution is -0.124. The summed E-state index contributed by atoms with van der Waals surface area (Å²) in [7, 11) is 1.67. The van der Waals surface area contributed by atoms with E-state index in [-0.39, 0.29) is 19.0 Å². The number of likely N-dealkylation sites (tertiary alicyclic amines) is 1. The van der Waals surface area contributed by atoms with Crippen LogP contribution in [0.3, 0.4) is 0 Å². The van der Waals surface area contributed by atoms with Gasteiger partial charge in [0.25, 0.3) is 5.91 Å². The summed E-state index contributed by atoms with van der Waals surface area (Å²) in [6.45, 7) is 9.92. The highest BCUT2D eigenvalue weighted by Crippen LogP contribution is 2.31. The number of carbonyl (C=O) groups excluding carboxylic acids is 2. The van der Waals surface area contributed by atoms with Crippen molar-refractivity contribution in [3.05, 3.63) is 47.5 Å². The van der Waals surface area contributed by atoms with Gasteiger partial charge in [-0.3, -0.25) is 14.5 Å². The van der Waals surface area contributed by atoms with Gasteiger partial charge in [0.2, 0.25) is 11.8 Å². The molecule has 0 saturated carbocycles. The standard InChI is InChI=1S/C28H34N6O4S/c1-17-9-7-10-18(2)24(17)21-14-22-32-26(31-21)33-39-23(29-6)11-8-12-30-25(35)19-13-20(37-22)16-34(15-19)27(36)38-28(3,4)5/h7-12,14,19-20H,13,15-16H2,1-6H3,(H,31,32,33)/b11-8-,29-23+,30-12-. The summed E-state index contributed by atoms with van der Waals surface area (Å²) in [4.78, 5) is 45.2. The molecule has 1 saturated heterocycles. The van der Waals surface area contributed by atoms with Crippen molar-refractivity contribution < 1.29 is 19.1 Å². The van der Waals surface area contributed by atoms with Crippen molar-refractivity contribution >= 4 is 41.2 Å². The number of anilines is 1. The fourth-order valence-corrected chi connectivity index (χ4v) is 4.97. The van der Waals surface area contributed by atoms with Crippen LogP contribution in [0, 0.1) is 19.8 Å². The number of hydrogen-bond acceptors (Lipinski definition) is 9. The highest BCUT2D eigenvalue weighted by molar-refractivity contribution is 8.15. The van der Waals surface area contributed by atoms with Gasteiger partial charge in [-0.1, -0.05) is 18.2 Å². The second-order valence-electron chi connectivity index (χ2n) is 10.5. The second-order valence-corrected chi connectivity index (χ2v) is 11.3. The van der Waals surface area contributed by atoms with E-state index in [0.717, 1.165) is 16.7 Å². The number of allylic oxidation sites excluding steroid dienone is 1. The van der Waals surface area contributed by atoms with Crippen LogP contribution in [-0.2, 0) is 9.53 Å². The minimum atomic E-state index is -0.674. The maximum Gasteiger partial charge on any atom is 0.410 e. The maximum absolute atomic E-state index is 13.0. The Bertz CT molecular complexity index is 1310. The lowest BCUT2D eigenvalue weighted by atomic mass is 9.95. The number of amides is 2. The molecule has 0 spiro atoms. The third-order valence-electron chi connectivity index (χ3n) is 6.13. The second kappa shape index (κ2) is 12.0. The van der Waals surface area contributed by atoms with E-state index in [1.807, 2.05) is 32.0 Å². The van der Waals surface area contributed by atoms with Crippen molar-refractivity contribution in [2.45, 2.75) is 52.7 Å². The Kier molecular flexibility index (Phi) is 8.69. The molecule has 1 N–H and O–H groups in total. The Hall–Kier alpha value is -3.73. The number of nitrogens with zero attached hydrogens (tertiary/aromatic N) is 5. The van der Waals surface area contributed by atoms with E-state index in [1.54, 1.807) is 46.0 Å². The van der Waals surface area contributed by atoms with Crippen molar-refractivity contribution in [2.24, 2.45) is 15.9 Å². The summed E-state index contributed by atoms with van der Waals surface area (Å²) in [6.07, 6.45) is 4.18. The fourth-order valence-electron chi connectivity index (χ4n) is 4.44. The van der Waals surface area contributed by atoms with Gasteiger partial charge >= 0.3 is 6.09 Å². The van der Waals surface area contributed by atoms with Crippen LogP contribution < -0.4 is 9.46 Å². The quantitative estimate of drug-likeness (QED) is 0.492. The number of nitrogens with one attached hydrogen (secondary N) is 1. The van der Waals surface area contributed by atoms with Crippen LogP contribution in [0.2, 0.25) is 0 Å². The molecule has 2 atom stereocenters. The van der Waals surface area contributed by atoms with Gasteiger partial charge in [0.1, 0.15) is 16.7 Å². The molecule has 1 aromatic heterocycles. The SMILES string of the molecule is C\N=C1/C=C\C=N/C(=O)C2CC(CN(C(=O)OC(C)(C)C)C2)Oc2cc(-c3c(C)cccc3C)nc(n2)NS1. The van der Waals surface area contributed by atoms with Gasteiger partial charge in [0.05, 0.1) is 18.2 Å². The summed E-state index contributed by atoms with van der Waals surface area (Å²) in [5.41, 5.74) is 3.15. The number of hydrogen-bond donors (Lipinski definition) is 1. The van der Waals surface area contributed by atoms with Crippen LogP contribution in [0.25, 0.3) is 11.3 Å². The zero-order chi connectivity index (χ0) is 28.2. The number of aromatic nitrogens is 2. The number of aryl methyl sites for hydroxylation is 2. The number of benzene rings is 1. The van der Waals surface area contributed by atoms with Crippen LogP contribution >= 0.6 is 11.9 Å². The first-order valence-electron chi connectivity index (χ1n) is 12.8. The summed E-state index contributed by atoms with van der Waals surface area (Å²) < 4.78 is 15.1. The highest BCUT2D eigenvalue weighted by atomic mass is 32.2. The first-order valence-corrected chi connectivity index (χ1v) is 13.6. The molecular formula is C28H34N6O4S. The van der Waals surface area contributed by atoms with E-state index in [1.165, 1.54) is 23.1 Å². The topological polar surface area (TPSA) is 118 Å². The summed E-state index contributed by atoms with van der Waals surface area (Å²) in [5.74, 6) is -0.216. The van der Waals surface area contributed by atoms with E-state index < -0.39 is 23.7 Å². The molecule has 1 aromatic carbocycles. The van der Waals surface area contributed by atoms with Crippen molar-refractivity contribution in [1.29, 1.82) is 0 Å². The van der Waals surface area contributed by atoms with Gasteiger partial charge in [0.15, 0.2) is 0 Å². The molecule has 1 fully saturated rings. The molecule has 10 nitrogen and oxygen atoms in total. The van der Waals surface area contributed by atoms with E-state index in [9.17, 15) is 9.59 Å². The molecule has 3 heterocycles. The third-order valence-corrected chi connectivity index (χ3v) is 6.95. The Morgan fingerprint density at radius 1 is 1.21 bits per heavy atom. The molecule has 2 amide bonds. The first kappa shape index (κ1) is 28.3. The molecule has 4 bridgehead atoms. The van der Waals surface area contributed by atoms with Gasteiger partial charge in [-0.2, -0.15) is 4.98 Å². The predicted molar refractivity (Wildman–Crippen MR) is 154 cm³/mol. The van der Waals surface area contributed by atoms with Crippen LogP contribution in [0.1, 0.15) is 38.3 Å². The zero-order valence-corrected chi connectivity index (χ0v) is 23.9. The summed E-state index contributed by atoms with van der Waals surface area (Å²) in [5, 5.41) is 0.641. The van der Waals surface area contributed by atoms with Gasteiger partial charge < -0.3 is 14.4 Å². The predicted octanol–water partition coefficient (Wildman–Crippen LogP) is 5.02. The van der Waals surface area contributed by atoms with Crippen molar-refractivity contribution in [3.63, 3.8) is 0 Å². The summed E-state index contributed by atoms with van der Waals surface area (Å²) >= 11 is 1.23. The first-order chi connectivity index (χ1) is 18.5. The highest BCUT2D eigenvalue weighted by Gasteiger charge is 2.37. The minimum absolute atomic E-state index is 0.191. The molecule has 2 aromatic rings. The normalized spacial score (nSPS) is 22.7. The average molecular weight is 551 g/mol. The van der Waals surface area contributed by atoms with E-state index >= 15 is 0 Å². The van der Waals surface area contributed by atoms with E-state index in [0.29, 0.717) is 29.0 Å². The molecule has 11 heteroatoms. The van der Waals surface area contributed by atoms with Crippen LogP contribution in [0.4, 0.5) is 10.7 Å². The van der Waals surface area contributed by atoms with Crippen molar-refractivity contribution in [1.82, 2.24) is 14.9 Å². The Labute approximate surface area is 233 Å². The van der Waals surface area contributed by atoms with Gasteiger partial charge in [-0.25, -0.2) is 14.8 Å². The van der Waals surface area contributed by atoms with Gasteiger partial charge in [-0.15, -0.1) is 0 Å². The van der Waals surface area contributed by atoms with Gasteiger partial charge in [-0.05, 0) is 64.3 Å². The number of piperidine rings is 1. The number of aliphatic imine (C=N–C) groups is 2. The smallest absolute Gasteiger partial charge is 0.410 e. The molecule has 0 aliphatic carbocycles. The van der Waals surface area contributed by atoms with Crippen LogP contribution in [0.15, 0.2) is 46.4 Å². The lowest BCUT2D eigenvalue weighted by Crippen LogP contribution is -2.51. The molecule has 4 rings (SSSR count). The summed E-state index contributed by atoms with van der Waals surface area (Å²) in [6, 6.07) is 7.86. The Morgan fingerprint density at radius 2 is 1.95 bits per heavy atom. The lowest BCUT2D eigenvalue weighted by Gasteiger charge is -2.37. The largest absolute Gasteiger partial charge is 0.472 e. The minimum Gasteiger partial charge on any atom is -0.472 e. The number of fused-ring (bicyclic) bond motifs is 4. The van der Waals surface area contributed by atoms with E-state index in [2.05, 4.69) is 19.7 Å². The van der Waals surface area contributed by atoms with E-state index in [4.69, 9.17) is 14.5 Å². The monoisotopic (exact) mass is 550 g/mol. The van der Waals surface area contributed by atoms with Crippen LogP contribution in [0.5, 0.6) is 5.88 Å². The maximum atomic E-state index is 13.0. The number of carbonyl (C=O) groups is 2. The molecular weight excluding hydrogens is 516 g/mol. The molecule has 2 unspecified atom stereocenters. The molecule has 0 radical (unpaired) electrons. The molecule has 2 aliphatic rings. The van der Waals surface area contributed by atoms with Crippen molar-refractivity contribution in [3.8, 4) is 17.1 Å². The van der Waals surface area contributed by atoms with Crippen LogP contribution in [-0.4, -0.2) is 70.0 Å². The van der Waals surface area contributed by atoms with Crippen molar-refractivity contribution in [2.75, 3.05) is 24.9 Å². The Morgan fingerprint density at radius 3 is 2.64 bits per heavy atom. The molecule has 206 valence electrons. The van der Waals surface area contributed by atoms with Gasteiger partial charge in [0, 0.05) is 43.4 Å². The number of ether oxygens (including phenoxy) is 2. The Balaban J connectivity index is 1.75. The third kappa shape index (κ3) is 7.44. The fraction of sp³-hybridized carbons (Fsp3) is 0.429. The number of rotatable bonds is 1. The average Bonchev–Trinajstić information content (AvgIpc) is 2.86. The zero-order valence-electron chi connectivity index (χ0n) is 23.1.